The van der Waals surface area contributed by atoms with Gasteiger partial charge in [0.2, 0.25) is 0 Å². The third kappa shape index (κ3) is 2.99. The standard InChI is InChI=1S/C16H16ClFN4O2/c1-9(2)13-12(10-3-5-11(17)6-4-10)14-19-15(24-8-7-18)20-16(23)22(14)21-13/h3-6,9H,7-8H2,1-2H3,(H,19,20,23). The Morgan fingerprint density at radius 2 is 2.04 bits per heavy atom. The summed E-state index contributed by atoms with van der Waals surface area (Å²) in [5.41, 5.74) is 2.18. The summed E-state index contributed by atoms with van der Waals surface area (Å²) in [4.78, 5) is 19.0. The maximum atomic E-state index is 12.3. The number of benzene rings is 1. The first-order valence-electron chi connectivity index (χ1n) is 7.49. The van der Waals surface area contributed by atoms with Gasteiger partial charge in [-0.05, 0) is 23.6 Å². The van der Waals surface area contributed by atoms with Crippen LogP contribution in [-0.4, -0.2) is 32.9 Å². The number of rotatable bonds is 5. The van der Waals surface area contributed by atoms with Gasteiger partial charge in [-0.25, -0.2) is 9.18 Å². The summed E-state index contributed by atoms with van der Waals surface area (Å²) in [5, 5.41) is 4.99. The summed E-state index contributed by atoms with van der Waals surface area (Å²) < 4.78 is 18.6. The minimum absolute atomic E-state index is 0.0319. The maximum Gasteiger partial charge on any atom is 0.352 e. The Morgan fingerprint density at radius 1 is 1.33 bits per heavy atom. The summed E-state index contributed by atoms with van der Waals surface area (Å²) >= 11 is 5.95. The molecule has 0 fully saturated rings. The Balaban J connectivity index is 2.27. The molecule has 2 heterocycles. The Kier molecular flexibility index (Phi) is 4.53. The molecule has 8 heteroatoms. The number of alkyl halides is 1. The van der Waals surface area contributed by atoms with Gasteiger partial charge in [-0.3, -0.25) is 4.98 Å². The van der Waals surface area contributed by atoms with Crippen molar-refractivity contribution in [2.75, 3.05) is 13.3 Å². The molecular weight excluding hydrogens is 335 g/mol. The van der Waals surface area contributed by atoms with E-state index in [1.807, 2.05) is 26.0 Å². The zero-order chi connectivity index (χ0) is 17.3. The summed E-state index contributed by atoms with van der Waals surface area (Å²) in [6.45, 7) is 3.11. The smallest absolute Gasteiger partial charge is 0.352 e. The summed E-state index contributed by atoms with van der Waals surface area (Å²) in [5.74, 6) is 0.0759. The predicted molar refractivity (Wildman–Crippen MR) is 89.6 cm³/mol. The number of aromatic nitrogens is 4. The van der Waals surface area contributed by atoms with Crippen LogP contribution in [0.2, 0.25) is 5.02 Å². The molecule has 3 aromatic rings. The molecular formula is C16H16ClFN4O2. The third-order valence-electron chi connectivity index (χ3n) is 3.50. The number of nitrogens with one attached hydrogen (secondary N) is 1. The molecule has 0 amide bonds. The molecule has 1 N–H and O–H groups in total. The van der Waals surface area contributed by atoms with Crippen molar-refractivity contribution in [2.45, 2.75) is 19.8 Å². The SMILES string of the molecule is CC(C)c1nn2c(=O)[nH]c(OCCF)nc2c1-c1ccc(Cl)cc1. The fourth-order valence-electron chi connectivity index (χ4n) is 2.44. The second-order valence-corrected chi connectivity index (χ2v) is 5.98. The van der Waals surface area contributed by atoms with E-state index in [0.29, 0.717) is 10.7 Å². The van der Waals surface area contributed by atoms with Crippen LogP contribution in [-0.2, 0) is 0 Å². The molecule has 126 valence electrons. The predicted octanol–water partition coefficient (Wildman–Crippen LogP) is 3.21. The molecule has 3 rings (SSSR count). The molecule has 0 bridgehead atoms. The highest BCUT2D eigenvalue weighted by molar-refractivity contribution is 6.30. The average molecular weight is 351 g/mol. The molecule has 2 aromatic heterocycles. The number of hydrogen-bond donors (Lipinski definition) is 1. The zero-order valence-corrected chi connectivity index (χ0v) is 14.0. The van der Waals surface area contributed by atoms with Gasteiger partial charge in [0.15, 0.2) is 5.65 Å². The summed E-state index contributed by atoms with van der Waals surface area (Å²) in [7, 11) is 0. The van der Waals surface area contributed by atoms with Crippen LogP contribution >= 0.6 is 11.6 Å². The van der Waals surface area contributed by atoms with Crippen molar-refractivity contribution in [2.24, 2.45) is 0 Å². The normalized spacial score (nSPS) is 11.4. The van der Waals surface area contributed by atoms with Crippen LogP contribution in [0, 0.1) is 0 Å². The number of H-pyrrole nitrogens is 1. The molecule has 0 atom stereocenters. The van der Waals surface area contributed by atoms with E-state index in [2.05, 4.69) is 15.1 Å². The van der Waals surface area contributed by atoms with Gasteiger partial charge < -0.3 is 4.74 Å². The molecule has 0 aliphatic rings. The van der Waals surface area contributed by atoms with E-state index in [9.17, 15) is 9.18 Å². The second-order valence-electron chi connectivity index (χ2n) is 5.54. The molecule has 6 nitrogen and oxygen atoms in total. The van der Waals surface area contributed by atoms with Gasteiger partial charge >= 0.3 is 5.69 Å². The largest absolute Gasteiger partial charge is 0.462 e. The van der Waals surface area contributed by atoms with E-state index in [0.717, 1.165) is 16.8 Å². The number of nitrogens with zero attached hydrogens (tertiary/aromatic N) is 3. The van der Waals surface area contributed by atoms with Crippen molar-refractivity contribution < 1.29 is 9.13 Å². The first-order valence-corrected chi connectivity index (χ1v) is 7.86. The van der Waals surface area contributed by atoms with Crippen molar-refractivity contribution >= 4 is 17.2 Å². The quantitative estimate of drug-likeness (QED) is 0.767. The number of ether oxygens (including phenoxy) is 1. The van der Waals surface area contributed by atoms with Crippen LogP contribution in [0.3, 0.4) is 0 Å². The molecule has 24 heavy (non-hydrogen) atoms. The van der Waals surface area contributed by atoms with E-state index < -0.39 is 12.4 Å². The van der Waals surface area contributed by atoms with Crippen LogP contribution < -0.4 is 10.4 Å². The lowest BCUT2D eigenvalue weighted by Gasteiger charge is -2.06. The highest BCUT2D eigenvalue weighted by Crippen LogP contribution is 2.32. The fraction of sp³-hybridized carbons (Fsp3) is 0.312. The lowest BCUT2D eigenvalue weighted by Crippen LogP contribution is -2.20. The minimum atomic E-state index is -0.671. The summed E-state index contributed by atoms with van der Waals surface area (Å²) in [6.07, 6.45) is 0. The van der Waals surface area contributed by atoms with Gasteiger partial charge in [0.1, 0.15) is 13.3 Å². The van der Waals surface area contributed by atoms with E-state index in [1.165, 1.54) is 4.52 Å². The molecule has 1 aromatic carbocycles. The Hall–Kier alpha value is -2.41. The van der Waals surface area contributed by atoms with Crippen LogP contribution in [0.4, 0.5) is 4.39 Å². The molecule has 0 radical (unpaired) electrons. The van der Waals surface area contributed by atoms with Crippen LogP contribution in [0.1, 0.15) is 25.5 Å². The highest BCUT2D eigenvalue weighted by Gasteiger charge is 2.21. The zero-order valence-electron chi connectivity index (χ0n) is 13.2. The highest BCUT2D eigenvalue weighted by atomic mass is 35.5. The Labute approximate surface area is 142 Å². The minimum Gasteiger partial charge on any atom is -0.462 e. The lowest BCUT2D eigenvalue weighted by molar-refractivity contribution is 0.253. The molecule has 0 saturated carbocycles. The lowest BCUT2D eigenvalue weighted by atomic mass is 10.00. The first-order chi connectivity index (χ1) is 11.5. The fourth-order valence-corrected chi connectivity index (χ4v) is 2.57. The maximum absolute atomic E-state index is 12.3. The Bertz CT molecular complexity index is 918. The second kappa shape index (κ2) is 6.60. The molecule has 0 saturated heterocycles. The molecule has 0 aliphatic heterocycles. The van der Waals surface area contributed by atoms with E-state index in [4.69, 9.17) is 16.3 Å². The summed E-state index contributed by atoms with van der Waals surface area (Å²) in [6, 6.07) is 7.18. The third-order valence-corrected chi connectivity index (χ3v) is 3.75. The van der Waals surface area contributed by atoms with Crippen molar-refractivity contribution in [3.05, 3.63) is 45.5 Å². The van der Waals surface area contributed by atoms with E-state index in [1.54, 1.807) is 12.1 Å². The van der Waals surface area contributed by atoms with Crippen LogP contribution in [0.5, 0.6) is 6.01 Å². The van der Waals surface area contributed by atoms with Gasteiger partial charge in [-0.1, -0.05) is 37.6 Å². The van der Waals surface area contributed by atoms with Gasteiger partial charge in [-0.2, -0.15) is 14.6 Å². The molecule has 0 unspecified atom stereocenters. The van der Waals surface area contributed by atoms with Crippen molar-refractivity contribution in [1.82, 2.24) is 19.6 Å². The van der Waals surface area contributed by atoms with Crippen LogP contribution in [0.15, 0.2) is 29.1 Å². The molecule has 0 spiro atoms. The van der Waals surface area contributed by atoms with Gasteiger partial charge in [0, 0.05) is 5.02 Å². The van der Waals surface area contributed by atoms with E-state index in [-0.39, 0.29) is 18.5 Å². The molecule has 0 aliphatic carbocycles. The topological polar surface area (TPSA) is 72.3 Å². The van der Waals surface area contributed by atoms with Crippen LogP contribution in [0.25, 0.3) is 16.8 Å². The van der Waals surface area contributed by atoms with Crippen molar-refractivity contribution in [3.8, 4) is 17.1 Å². The van der Waals surface area contributed by atoms with Gasteiger partial charge in [-0.15, -0.1) is 0 Å². The number of hydrogen-bond acceptors (Lipinski definition) is 4. The Morgan fingerprint density at radius 3 is 2.67 bits per heavy atom. The average Bonchev–Trinajstić information content (AvgIpc) is 2.94. The van der Waals surface area contributed by atoms with Gasteiger partial charge in [0.05, 0.1) is 11.3 Å². The number of halogens is 2. The number of fused-ring (bicyclic) bond motifs is 1. The number of aromatic amines is 1. The van der Waals surface area contributed by atoms with E-state index >= 15 is 0 Å². The monoisotopic (exact) mass is 350 g/mol. The van der Waals surface area contributed by atoms with Crippen molar-refractivity contribution in [1.29, 1.82) is 0 Å². The first kappa shape index (κ1) is 16.4. The van der Waals surface area contributed by atoms with Gasteiger partial charge in [0.25, 0.3) is 6.01 Å². The van der Waals surface area contributed by atoms with Crippen molar-refractivity contribution in [3.63, 3.8) is 0 Å².